The molecule has 0 N–H and O–H groups in total. The molecule has 4 heterocycles. The Bertz CT molecular complexity index is 7060. The molecule has 0 fully saturated rings. The van der Waals surface area contributed by atoms with Gasteiger partial charge in [0.1, 0.15) is 22.3 Å². The number of benzene rings is 17. The van der Waals surface area contributed by atoms with E-state index < -0.39 is 0 Å². The summed E-state index contributed by atoms with van der Waals surface area (Å²) in [6.45, 7) is 0. The maximum absolute atomic E-state index is 6.98. The Hall–Kier alpha value is -13.6. The molecule has 0 aliphatic heterocycles. The number of hydrogen-bond acceptors (Lipinski definition) is 8. The van der Waals surface area contributed by atoms with Crippen molar-refractivity contribution >= 4 is 130 Å². The molecule has 0 saturated carbocycles. The van der Waals surface area contributed by atoms with Crippen molar-refractivity contribution in [3.8, 4) is 90.6 Å². The van der Waals surface area contributed by atoms with Gasteiger partial charge in [-0.25, -0.2) is 29.9 Å². The van der Waals surface area contributed by atoms with Crippen molar-refractivity contribution < 1.29 is 8.83 Å². The van der Waals surface area contributed by atoms with E-state index in [9.17, 15) is 0 Å². The first kappa shape index (κ1) is 55.7. The average molecular weight is 1270 g/mol. The van der Waals surface area contributed by atoms with E-state index in [1.54, 1.807) is 0 Å². The summed E-state index contributed by atoms with van der Waals surface area (Å²) in [6, 6.07) is 112. The molecule has 0 atom stereocenters. The third-order valence-electron chi connectivity index (χ3n) is 20.3. The van der Waals surface area contributed by atoms with Crippen molar-refractivity contribution in [2.24, 2.45) is 0 Å². The first-order valence-corrected chi connectivity index (χ1v) is 33.7. The fraction of sp³-hybridized carbons (Fsp3) is 0. The first-order chi connectivity index (χ1) is 49.4. The van der Waals surface area contributed by atoms with Gasteiger partial charge >= 0.3 is 0 Å². The Morgan fingerprint density at radius 2 is 0.510 bits per heavy atom. The number of hydrogen-bond donors (Lipinski definition) is 0. The van der Waals surface area contributed by atoms with E-state index in [0.29, 0.717) is 34.9 Å². The normalized spacial score (nSPS) is 12.0. The monoisotopic (exact) mass is 1270 g/mol. The van der Waals surface area contributed by atoms with E-state index in [4.69, 9.17) is 38.7 Å². The van der Waals surface area contributed by atoms with Gasteiger partial charge in [-0.15, -0.1) is 0 Å². The third kappa shape index (κ3) is 9.15. The zero-order valence-corrected chi connectivity index (χ0v) is 53.5. The molecule has 21 aromatic rings. The second kappa shape index (κ2) is 22.0. The Labute approximate surface area is 571 Å². The van der Waals surface area contributed by atoms with E-state index in [0.717, 1.165) is 132 Å². The van der Waals surface area contributed by atoms with Crippen LogP contribution >= 0.6 is 0 Å². The number of fused-ring (bicyclic) bond motifs is 18. The predicted molar refractivity (Wildman–Crippen MR) is 411 cm³/mol. The van der Waals surface area contributed by atoms with Crippen LogP contribution in [0.3, 0.4) is 0 Å². The van der Waals surface area contributed by atoms with E-state index in [1.807, 2.05) is 36.4 Å². The van der Waals surface area contributed by atoms with E-state index >= 15 is 0 Å². The van der Waals surface area contributed by atoms with Crippen molar-refractivity contribution in [3.63, 3.8) is 0 Å². The maximum atomic E-state index is 6.98. The van der Waals surface area contributed by atoms with Crippen LogP contribution < -0.4 is 0 Å². The lowest BCUT2D eigenvalue weighted by molar-refractivity contribution is 0.668. The SMILES string of the molecule is c1ccc(-c2ccc3oc4cc(-c5ccc6cc(-c7nc(-c8ccc9c(ccc%10c%11ccccc%11ccc9%10)c8)nc(-c8ccc9oc%10ccccc%10c9c8)n7)ccc6c5)cc(-c5nc(-c6ccc7ccccc7c6)nc(-c6ccc7c(ccc8c9ccccc9ccc78)c6)n5)c4c3c2)cc1. The molecule has 8 nitrogen and oxygen atoms in total. The number of rotatable bonds is 8. The average Bonchev–Trinajstić information content (AvgIpc) is 1.60. The molecule has 21 rings (SSSR count). The van der Waals surface area contributed by atoms with Crippen molar-refractivity contribution in [3.05, 3.63) is 315 Å². The van der Waals surface area contributed by atoms with Gasteiger partial charge in [-0.1, -0.05) is 237 Å². The lowest BCUT2D eigenvalue weighted by atomic mass is 9.95. The fourth-order valence-electron chi connectivity index (χ4n) is 15.3. The van der Waals surface area contributed by atoms with Crippen LogP contribution in [0.2, 0.25) is 0 Å². The summed E-state index contributed by atoms with van der Waals surface area (Å²) in [4.78, 5) is 32.3. The summed E-state index contributed by atoms with van der Waals surface area (Å²) < 4.78 is 13.3. The van der Waals surface area contributed by atoms with Gasteiger partial charge in [0.15, 0.2) is 34.9 Å². The van der Waals surface area contributed by atoms with Crippen LogP contribution in [-0.4, -0.2) is 29.9 Å². The van der Waals surface area contributed by atoms with E-state index in [2.05, 4.69) is 279 Å². The molecule has 100 heavy (non-hydrogen) atoms. The molecule has 0 bridgehead atoms. The van der Waals surface area contributed by atoms with E-state index in [1.165, 1.54) is 53.9 Å². The Kier molecular flexibility index (Phi) is 12.2. The molecule has 17 aromatic carbocycles. The van der Waals surface area contributed by atoms with E-state index in [-0.39, 0.29) is 0 Å². The first-order valence-electron chi connectivity index (χ1n) is 33.7. The van der Waals surface area contributed by atoms with Gasteiger partial charge in [0.05, 0.1) is 0 Å². The smallest absolute Gasteiger partial charge is 0.164 e. The minimum atomic E-state index is 0.531. The van der Waals surface area contributed by atoms with Gasteiger partial charge in [-0.3, -0.25) is 0 Å². The molecule has 0 radical (unpaired) electrons. The van der Waals surface area contributed by atoms with Gasteiger partial charge in [0, 0.05) is 54.9 Å². The fourth-order valence-corrected chi connectivity index (χ4v) is 15.3. The summed E-state index contributed by atoms with van der Waals surface area (Å²) in [5.74, 6) is 3.37. The van der Waals surface area contributed by atoms with Gasteiger partial charge in [0.25, 0.3) is 0 Å². The molecule has 0 spiro atoms. The summed E-state index contributed by atoms with van der Waals surface area (Å²) in [5.41, 5.74) is 12.5. The molecular weight excluding hydrogens is 1220 g/mol. The Morgan fingerprint density at radius 1 is 0.160 bits per heavy atom. The zero-order valence-electron chi connectivity index (χ0n) is 53.5. The highest BCUT2D eigenvalue weighted by Crippen LogP contribution is 2.44. The van der Waals surface area contributed by atoms with Crippen molar-refractivity contribution in [1.29, 1.82) is 0 Å². The molecule has 462 valence electrons. The molecule has 0 aliphatic rings. The summed E-state index contributed by atoms with van der Waals surface area (Å²) in [6.07, 6.45) is 0. The lowest BCUT2D eigenvalue weighted by Gasteiger charge is -2.13. The number of aromatic nitrogens is 6. The highest BCUT2D eigenvalue weighted by atomic mass is 16.3. The largest absolute Gasteiger partial charge is 0.456 e. The van der Waals surface area contributed by atoms with Crippen LogP contribution in [0.15, 0.2) is 324 Å². The van der Waals surface area contributed by atoms with Crippen molar-refractivity contribution in [2.75, 3.05) is 0 Å². The topological polar surface area (TPSA) is 104 Å². The Morgan fingerprint density at radius 3 is 1.11 bits per heavy atom. The van der Waals surface area contributed by atoms with Gasteiger partial charge in [-0.2, -0.15) is 0 Å². The standard InChI is InChI=1S/C92H52N6O2/c1-2-12-53(13-3-1)61-34-42-84-80(49-61)86-81(92-97-89(64-26-22-54-14-4-5-17-57(54)45-64)96-90(98-92)67-33-37-73-63(48-67)31-41-75-71-19-9-7-16-56(71)29-39-77(73)75)51-69(52-85(86)100-84)60-24-23-59-46-65(27-25-58(59)44-60)87-93-88(95-91(94-87)68-35-43-83-79(50-68)78-20-10-11-21-82(78)99-83)66-32-36-72-62(47-66)30-40-74-70-18-8-6-15-55(70)28-38-76(72)74/h1-52H. The van der Waals surface area contributed by atoms with Crippen LogP contribution in [0.4, 0.5) is 0 Å². The maximum Gasteiger partial charge on any atom is 0.164 e. The van der Waals surface area contributed by atoms with Crippen LogP contribution in [0, 0.1) is 0 Å². The third-order valence-corrected chi connectivity index (χ3v) is 20.3. The zero-order chi connectivity index (χ0) is 65.5. The number of nitrogens with zero attached hydrogens (tertiary/aromatic N) is 6. The molecule has 0 saturated heterocycles. The second-order valence-corrected chi connectivity index (χ2v) is 26.1. The molecule has 0 unspecified atom stereocenters. The second-order valence-electron chi connectivity index (χ2n) is 26.1. The minimum absolute atomic E-state index is 0.531. The number of para-hydroxylation sites is 1. The molecule has 4 aromatic heterocycles. The molecule has 8 heteroatoms. The van der Waals surface area contributed by atoms with Crippen LogP contribution in [0.5, 0.6) is 0 Å². The van der Waals surface area contributed by atoms with Gasteiger partial charge in [-0.05, 0) is 187 Å². The number of furan rings is 2. The Balaban J connectivity index is 0.716. The van der Waals surface area contributed by atoms with Crippen molar-refractivity contribution in [1.82, 2.24) is 29.9 Å². The molecular formula is C92H52N6O2. The van der Waals surface area contributed by atoms with Gasteiger partial charge < -0.3 is 8.83 Å². The minimum Gasteiger partial charge on any atom is -0.456 e. The summed E-state index contributed by atoms with van der Waals surface area (Å²) in [7, 11) is 0. The molecule has 0 aliphatic carbocycles. The summed E-state index contributed by atoms with van der Waals surface area (Å²) in [5, 5.41) is 22.5. The van der Waals surface area contributed by atoms with Crippen LogP contribution in [0.1, 0.15) is 0 Å². The van der Waals surface area contributed by atoms with Crippen LogP contribution in [0.25, 0.3) is 221 Å². The van der Waals surface area contributed by atoms with Crippen molar-refractivity contribution in [2.45, 2.75) is 0 Å². The van der Waals surface area contributed by atoms with Crippen LogP contribution in [-0.2, 0) is 0 Å². The van der Waals surface area contributed by atoms with Gasteiger partial charge in [0.2, 0.25) is 0 Å². The quantitative estimate of drug-likeness (QED) is 0.139. The lowest BCUT2D eigenvalue weighted by Crippen LogP contribution is -2.01. The highest BCUT2D eigenvalue weighted by Gasteiger charge is 2.23. The predicted octanol–water partition coefficient (Wildman–Crippen LogP) is 24.4. The summed E-state index contributed by atoms with van der Waals surface area (Å²) >= 11 is 0. The molecule has 0 amide bonds. The highest BCUT2D eigenvalue weighted by molar-refractivity contribution is 6.20.